The molecule has 4 rings (SSSR count). The minimum Gasteiger partial charge on any atom is -0.366 e. The summed E-state index contributed by atoms with van der Waals surface area (Å²) in [6.07, 6.45) is 2.42. The van der Waals surface area contributed by atoms with E-state index in [9.17, 15) is 9.59 Å². The SMILES string of the molecule is CC(C)c1ccccc1-c1ccc(C2CCN(C(=O)c3ccccn3)C2)c(C(N)=O)c1. The Morgan fingerprint density at radius 1 is 1.06 bits per heavy atom. The van der Waals surface area contributed by atoms with Gasteiger partial charge in [-0.05, 0) is 52.8 Å². The first-order chi connectivity index (χ1) is 15.0. The molecule has 31 heavy (non-hydrogen) atoms. The summed E-state index contributed by atoms with van der Waals surface area (Å²) in [4.78, 5) is 31.1. The van der Waals surface area contributed by atoms with Crippen LogP contribution in [-0.2, 0) is 0 Å². The number of aromatic nitrogens is 1. The van der Waals surface area contributed by atoms with E-state index in [0.717, 1.165) is 23.1 Å². The second-order valence-corrected chi connectivity index (χ2v) is 8.36. The van der Waals surface area contributed by atoms with E-state index in [0.29, 0.717) is 30.3 Å². The lowest BCUT2D eigenvalue weighted by atomic mass is 9.87. The molecule has 1 fully saturated rings. The van der Waals surface area contributed by atoms with Crippen LogP contribution in [0.5, 0.6) is 0 Å². The molecule has 0 spiro atoms. The molecule has 1 aromatic heterocycles. The van der Waals surface area contributed by atoms with Gasteiger partial charge >= 0.3 is 0 Å². The average Bonchev–Trinajstić information content (AvgIpc) is 3.29. The van der Waals surface area contributed by atoms with Crippen LogP contribution in [0.1, 0.15) is 64.1 Å². The molecule has 2 heterocycles. The van der Waals surface area contributed by atoms with Crippen LogP contribution in [0.3, 0.4) is 0 Å². The quantitative estimate of drug-likeness (QED) is 0.664. The van der Waals surface area contributed by atoms with Gasteiger partial charge in [0.2, 0.25) is 5.91 Å². The van der Waals surface area contributed by atoms with E-state index in [2.05, 4.69) is 37.0 Å². The largest absolute Gasteiger partial charge is 0.366 e. The van der Waals surface area contributed by atoms with Crippen molar-refractivity contribution in [3.63, 3.8) is 0 Å². The van der Waals surface area contributed by atoms with Gasteiger partial charge in [-0.15, -0.1) is 0 Å². The highest BCUT2D eigenvalue weighted by atomic mass is 16.2. The maximum Gasteiger partial charge on any atom is 0.272 e. The number of amides is 2. The number of likely N-dealkylation sites (tertiary alicyclic amines) is 1. The molecule has 0 aliphatic carbocycles. The number of pyridine rings is 1. The van der Waals surface area contributed by atoms with Crippen molar-refractivity contribution in [1.29, 1.82) is 0 Å². The predicted octanol–water partition coefficient (Wildman–Crippen LogP) is 4.60. The summed E-state index contributed by atoms with van der Waals surface area (Å²) < 4.78 is 0. The van der Waals surface area contributed by atoms with Gasteiger partial charge in [0.15, 0.2) is 0 Å². The van der Waals surface area contributed by atoms with Crippen LogP contribution in [0.25, 0.3) is 11.1 Å². The Morgan fingerprint density at radius 2 is 1.84 bits per heavy atom. The summed E-state index contributed by atoms with van der Waals surface area (Å²) in [5.74, 6) is -0.0713. The van der Waals surface area contributed by atoms with Crippen LogP contribution >= 0.6 is 0 Å². The van der Waals surface area contributed by atoms with E-state index >= 15 is 0 Å². The van der Waals surface area contributed by atoms with Crippen LogP contribution in [0.4, 0.5) is 0 Å². The normalized spacial score (nSPS) is 16.0. The molecule has 3 aromatic rings. The van der Waals surface area contributed by atoms with Crippen molar-refractivity contribution in [2.45, 2.75) is 32.1 Å². The van der Waals surface area contributed by atoms with Gasteiger partial charge in [-0.1, -0.05) is 56.3 Å². The fraction of sp³-hybridized carbons (Fsp3) is 0.269. The maximum absolute atomic E-state index is 12.8. The molecule has 1 aliphatic rings. The van der Waals surface area contributed by atoms with Crippen LogP contribution in [-0.4, -0.2) is 34.8 Å². The first-order valence-corrected chi connectivity index (χ1v) is 10.7. The molecular weight excluding hydrogens is 386 g/mol. The number of nitrogens with zero attached hydrogens (tertiary/aromatic N) is 2. The first-order valence-electron chi connectivity index (χ1n) is 10.7. The number of primary amides is 1. The van der Waals surface area contributed by atoms with E-state index in [4.69, 9.17) is 5.73 Å². The number of carbonyl (C=O) groups excluding carboxylic acids is 2. The summed E-state index contributed by atoms with van der Waals surface area (Å²) in [6, 6.07) is 19.6. The lowest BCUT2D eigenvalue weighted by Gasteiger charge is -2.19. The van der Waals surface area contributed by atoms with Crippen molar-refractivity contribution >= 4 is 11.8 Å². The fourth-order valence-electron chi connectivity index (χ4n) is 4.41. The zero-order valence-electron chi connectivity index (χ0n) is 17.9. The standard InChI is InChI=1S/C26H27N3O2/c1-17(2)20-7-3-4-8-21(20)18-10-11-22(23(15-18)25(27)30)19-12-14-29(16-19)26(31)24-9-5-6-13-28-24/h3-11,13,15,17,19H,12,14,16H2,1-2H3,(H2,27,30). The second kappa shape index (κ2) is 8.72. The lowest BCUT2D eigenvalue weighted by Crippen LogP contribution is -2.29. The number of rotatable bonds is 5. The number of carbonyl (C=O) groups is 2. The topological polar surface area (TPSA) is 76.3 Å². The molecule has 0 radical (unpaired) electrons. The Kier molecular flexibility index (Phi) is 5.85. The molecule has 2 N–H and O–H groups in total. The van der Waals surface area contributed by atoms with Crippen molar-refractivity contribution in [1.82, 2.24) is 9.88 Å². The van der Waals surface area contributed by atoms with Crippen LogP contribution in [0.15, 0.2) is 66.9 Å². The molecule has 5 nitrogen and oxygen atoms in total. The molecule has 158 valence electrons. The molecule has 1 atom stereocenters. The van der Waals surface area contributed by atoms with Crippen LogP contribution in [0, 0.1) is 0 Å². The summed E-state index contributed by atoms with van der Waals surface area (Å²) >= 11 is 0. The predicted molar refractivity (Wildman–Crippen MR) is 122 cm³/mol. The zero-order chi connectivity index (χ0) is 22.0. The summed E-state index contributed by atoms with van der Waals surface area (Å²) in [6.45, 7) is 5.51. The van der Waals surface area contributed by atoms with Crippen molar-refractivity contribution in [3.8, 4) is 11.1 Å². The van der Waals surface area contributed by atoms with Gasteiger partial charge in [0.1, 0.15) is 5.69 Å². The van der Waals surface area contributed by atoms with Crippen LogP contribution < -0.4 is 5.73 Å². The van der Waals surface area contributed by atoms with E-state index in [-0.39, 0.29) is 11.8 Å². The molecule has 5 heteroatoms. The van der Waals surface area contributed by atoms with Gasteiger partial charge in [0.05, 0.1) is 0 Å². The van der Waals surface area contributed by atoms with Gasteiger partial charge in [0.25, 0.3) is 5.91 Å². The lowest BCUT2D eigenvalue weighted by molar-refractivity contribution is 0.0785. The van der Waals surface area contributed by atoms with Crippen LogP contribution in [0.2, 0.25) is 0 Å². The van der Waals surface area contributed by atoms with E-state index in [1.54, 1.807) is 23.2 Å². The zero-order valence-corrected chi connectivity index (χ0v) is 17.9. The molecule has 1 aliphatic heterocycles. The Balaban J connectivity index is 1.63. The fourth-order valence-corrected chi connectivity index (χ4v) is 4.41. The Hall–Kier alpha value is -3.47. The van der Waals surface area contributed by atoms with E-state index < -0.39 is 5.91 Å². The number of nitrogens with two attached hydrogens (primary N) is 1. The minimum atomic E-state index is -0.437. The average molecular weight is 414 g/mol. The highest BCUT2D eigenvalue weighted by Gasteiger charge is 2.30. The Morgan fingerprint density at radius 3 is 2.55 bits per heavy atom. The van der Waals surface area contributed by atoms with Crippen molar-refractivity contribution < 1.29 is 9.59 Å². The molecule has 0 bridgehead atoms. The van der Waals surface area contributed by atoms with Crippen molar-refractivity contribution in [2.75, 3.05) is 13.1 Å². The first kappa shape index (κ1) is 20.8. The number of benzene rings is 2. The van der Waals surface area contributed by atoms with Gasteiger partial charge in [-0.3, -0.25) is 14.6 Å². The summed E-state index contributed by atoms with van der Waals surface area (Å²) in [5, 5.41) is 0. The molecule has 1 unspecified atom stereocenters. The van der Waals surface area contributed by atoms with E-state index in [1.165, 1.54) is 5.56 Å². The molecule has 2 aromatic carbocycles. The number of hydrogen-bond acceptors (Lipinski definition) is 3. The smallest absolute Gasteiger partial charge is 0.272 e. The third kappa shape index (κ3) is 4.22. The van der Waals surface area contributed by atoms with Crippen molar-refractivity contribution in [3.05, 3.63) is 89.2 Å². The second-order valence-electron chi connectivity index (χ2n) is 8.36. The third-order valence-electron chi connectivity index (χ3n) is 6.01. The molecular formula is C26H27N3O2. The number of hydrogen-bond donors (Lipinski definition) is 1. The Labute approximate surface area is 182 Å². The maximum atomic E-state index is 12.8. The summed E-state index contributed by atoms with van der Waals surface area (Å²) in [7, 11) is 0. The molecule has 1 saturated heterocycles. The molecule has 0 saturated carbocycles. The van der Waals surface area contributed by atoms with Gasteiger partial charge in [-0.2, -0.15) is 0 Å². The minimum absolute atomic E-state index is 0.0737. The van der Waals surface area contributed by atoms with Crippen molar-refractivity contribution in [2.24, 2.45) is 5.73 Å². The molecule has 2 amide bonds. The summed E-state index contributed by atoms with van der Waals surface area (Å²) in [5.41, 5.74) is 11.0. The van der Waals surface area contributed by atoms with Gasteiger partial charge in [-0.25, -0.2) is 0 Å². The highest BCUT2D eigenvalue weighted by Crippen LogP contribution is 2.35. The highest BCUT2D eigenvalue weighted by molar-refractivity contribution is 5.96. The van der Waals surface area contributed by atoms with E-state index in [1.807, 2.05) is 30.3 Å². The Bertz CT molecular complexity index is 1110. The van der Waals surface area contributed by atoms with Gasteiger partial charge in [0, 0.05) is 30.8 Å². The third-order valence-corrected chi connectivity index (χ3v) is 6.01. The van der Waals surface area contributed by atoms with Gasteiger partial charge < -0.3 is 10.6 Å². The monoisotopic (exact) mass is 413 g/mol.